The van der Waals surface area contributed by atoms with E-state index in [1.165, 1.54) is 0 Å². The molecule has 1 aromatic carbocycles. The maximum absolute atomic E-state index is 12.4. The number of rotatable bonds is 4. The molecule has 0 aliphatic heterocycles. The fourth-order valence-electron chi connectivity index (χ4n) is 1.87. The Balaban J connectivity index is 2.25. The van der Waals surface area contributed by atoms with Crippen LogP contribution in [0.15, 0.2) is 18.2 Å². The lowest BCUT2D eigenvalue weighted by atomic mass is 10.1. The Morgan fingerprint density at radius 3 is 2.57 bits per heavy atom. The van der Waals surface area contributed by atoms with Gasteiger partial charge in [-0.05, 0) is 45.4 Å². The molecule has 2 aromatic rings. The molecule has 2 N–H and O–H groups in total. The molecule has 1 heterocycles. The van der Waals surface area contributed by atoms with Gasteiger partial charge in [-0.15, -0.1) is 5.10 Å². The van der Waals surface area contributed by atoms with Gasteiger partial charge in [0.2, 0.25) is 5.95 Å². The average molecular weight is 285 g/mol. The van der Waals surface area contributed by atoms with Gasteiger partial charge in [-0.25, -0.2) is 4.98 Å². The summed E-state index contributed by atoms with van der Waals surface area (Å²) in [5.41, 5.74) is 3.94. The van der Waals surface area contributed by atoms with Crippen molar-refractivity contribution in [1.29, 1.82) is 0 Å². The quantitative estimate of drug-likeness (QED) is 0.902. The minimum absolute atomic E-state index is 0.214. The third-order valence-corrected chi connectivity index (χ3v) is 3.10. The maximum atomic E-state index is 12.4. The number of amides is 1. The van der Waals surface area contributed by atoms with Crippen LogP contribution in [0.1, 0.15) is 34.2 Å². The highest BCUT2D eigenvalue weighted by molar-refractivity contribution is 6.07. The van der Waals surface area contributed by atoms with Crippen LogP contribution in [0.5, 0.6) is 0 Å². The predicted molar refractivity (Wildman–Crippen MR) is 82.6 cm³/mol. The molecule has 6 nitrogen and oxygen atoms in total. The van der Waals surface area contributed by atoms with Gasteiger partial charge in [0.25, 0.3) is 5.91 Å². The Hall–Kier alpha value is -2.50. The Labute approximate surface area is 124 Å². The maximum Gasteiger partial charge on any atom is 0.260 e. The van der Waals surface area contributed by atoms with E-state index in [0.717, 1.165) is 29.2 Å². The first-order chi connectivity index (χ1) is 10.0. The SMILES string of the molecule is CCNc1cc(C)ccc1C(=O)Nc1nnc(C)c(C)n1. The molecule has 0 atom stereocenters. The molecule has 21 heavy (non-hydrogen) atoms. The third-order valence-electron chi connectivity index (χ3n) is 3.10. The fraction of sp³-hybridized carbons (Fsp3) is 0.333. The van der Waals surface area contributed by atoms with E-state index >= 15 is 0 Å². The number of carbonyl (C=O) groups is 1. The number of nitrogens with one attached hydrogen (secondary N) is 2. The van der Waals surface area contributed by atoms with Gasteiger partial charge in [0.05, 0.1) is 17.0 Å². The minimum atomic E-state index is -0.254. The number of aryl methyl sites for hydroxylation is 3. The van der Waals surface area contributed by atoms with E-state index in [4.69, 9.17) is 0 Å². The third kappa shape index (κ3) is 3.53. The highest BCUT2D eigenvalue weighted by Gasteiger charge is 2.13. The number of anilines is 2. The van der Waals surface area contributed by atoms with Gasteiger partial charge in [0.15, 0.2) is 0 Å². The summed E-state index contributed by atoms with van der Waals surface area (Å²) in [6.45, 7) is 8.37. The molecule has 1 amide bonds. The van der Waals surface area contributed by atoms with E-state index in [-0.39, 0.29) is 11.9 Å². The Morgan fingerprint density at radius 2 is 1.90 bits per heavy atom. The fourth-order valence-corrected chi connectivity index (χ4v) is 1.87. The molecule has 1 aromatic heterocycles. The van der Waals surface area contributed by atoms with Crippen molar-refractivity contribution in [2.45, 2.75) is 27.7 Å². The van der Waals surface area contributed by atoms with Crippen LogP contribution in [0.3, 0.4) is 0 Å². The summed E-state index contributed by atoms with van der Waals surface area (Å²) in [6, 6.07) is 5.63. The van der Waals surface area contributed by atoms with Gasteiger partial charge < -0.3 is 5.32 Å². The smallest absolute Gasteiger partial charge is 0.260 e. The van der Waals surface area contributed by atoms with E-state index in [9.17, 15) is 4.79 Å². The van der Waals surface area contributed by atoms with Crippen LogP contribution in [0.4, 0.5) is 11.6 Å². The average Bonchev–Trinajstić information content (AvgIpc) is 2.43. The van der Waals surface area contributed by atoms with Gasteiger partial charge in [-0.3, -0.25) is 10.1 Å². The molecule has 0 fully saturated rings. The van der Waals surface area contributed by atoms with Gasteiger partial charge in [0.1, 0.15) is 0 Å². The highest BCUT2D eigenvalue weighted by atomic mass is 16.1. The largest absolute Gasteiger partial charge is 0.385 e. The lowest BCUT2D eigenvalue weighted by Crippen LogP contribution is -2.17. The topological polar surface area (TPSA) is 79.8 Å². The zero-order chi connectivity index (χ0) is 15.4. The van der Waals surface area contributed by atoms with Crippen molar-refractivity contribution in [3.63, 3.8) is 0 Å². The summed E-state index contributed by atoms with van der Waals surface area (Å²) in [5.74, 6) is -0.0397. The molecule has 110 valence electrons. The van der Waals surface area contributed by atoms with E-state index in [1.807, 2.05) is 39.8 Å². The molecule has 0 bridgehead atoms. The van der Waals surface area contributed by atoms with Gasteiger partial charge in [-0.2, -0.15) is 5.10 Å². The number of benzene rings is 1. The lowest BCUT2D eigenvalue weighted by Gasteiger charge is -2.11. The summed E-state index contributed by atoms with van der Waals surface area (Å²) in [4.78, 5) is 16.6. The molecular formula is C15H19N5O. The van der Waals surface area contributed by atoms with Gasteiger partial charge in [-0.1, -0.05) is 6.07 Å². The molecule has 0 unspecified atom stereocenters. The van der Waals surface area contributed by atoms with Crippen LogP contribution < -0.4 is 10.6 Å². The second-order valence-corrected chi connectivity index (χ2v) is 4.84. The number of carbonyl (C=O) groups excluding carboxylic acids is 1. The Kier molecular flexibility index (Phi) is 4.47. The van der Waals surface area contributed by atoms with Crippen LogP contribution in [-0.4, -0.2) is 27.6 Å². The van der Waals surface area contributed by atoms with E-state index in [0.29, 0.717) is 5.56 Å². The van der Waals surface area contributed by atoms with Crippen molar-refractivity contribution in [3.05, 3.63) is 40.7 Å². The Morgan fingerprint density at radius 1 is 1.14 bits per heavy atom. The molecule has 0 spiro atoms. The molecule has 0 radical (unpaired) electrons. The zero-order valence-corrected chi connectivity index (χ0v) is 12.7. The first-order valence-electron chi connectivity index (χ1n) is 6.85. The molecule has 2 rings (SSSR count). The van der Waals surface area contributed by atoms with Crippen LogP contribution >= 0.6 is 0 Å². The first-order valence-corrected chi connectivity index (χ1v) is 6.85. The van der Waals surface area contributed by atoms with Crippen molar-refractivity contribution in [2.75, 3.05) is 17.2 Å². The molecule has 0 aliphatic carbocycles. The molecular weight excluding hydrogens is 266 g/mol. The highest BCUT2D eigenvalue weighted by Crippen LogP contribution is 2.18. The normalized spacial score (nSPS) is 10.3. The number of nitrogens with zero attached hydrogens (tertiary/aromatic N) is 3. The Bertz CT molecular complexity index is 669. The van der Waals surface area contributed by atoms with Crippen LogP contribution in [0, 0.1) is 20.8 Å². The van der Waals surface area contributed by atoms with Crippen molar-refractivity contribution in [2.24, 2.45) is 0 Å². The number of hydrogen-bond donors (Lipinski definition) is 2. The van der Waals surface area contributed by atoms with E-state index in [2.05, 4.69) is 25.8 Å². The molecule has 0 saturated heterocycles. The van der Waals surface area contributed by atoms with Crippen molar-refractivity contribution >= 4 is 17.5 Å². The minimum Gasteiger partial charge on any atom is -0.385 e. The first kappa shape index (κ1) is 14.9. The number of aromatic nitrogens is 3. The van der Waals surface area contributed by atoms with Crippen molar-refractivity contribution in [1.82, 2.24) is 15.2 Å². The van der Waals surface area contributed by atoms with Crippen molar-refractivity contribution in [3.8, 4) is 0 Å². The van der Waals surface area contributed by atoms with Gasteiger partial charge >= 0.3 is 0 Å². The predicted octanol–water partition coefficient (Wildman–Crippen LogP) is 2.48. The summed E-state index contributed by atoms with van der Waals surface area (Å²) < 4.78 is 0. The van der Waals surface area contributed by atoms with E-state index in [1.54, 1.807) is 6.07 Å². The van der Waals surface area contributed by atoms with Crippen LogP contribution in [0.25, 0.3) is 0 Å². The second-order valence-electron chi connectivity index (χ2n) is 4.84. The second kappa shape index (κ2) is 6.30. The van der Waals surface area contributed by atoms with Gasteiger partial charge in [0, 0.05) is 12.2 Å². The van der Waals surface area contributed by atoms with Crippen LogP contribution in [0.2, 0.25) is 0 Å². The molecule has 0 saturated carbocycles. The summed E-state index contributed by atoms with van der Waals surface area (Å²) in [7, 11) is 0. The number of hydrogen-bond acceptors (Lipinski definition) is 5. The zero-order valence-electron chi connectivity index (χ0n) is 12.7. The van der Waals surface area contributed by atoms with E-state index < -0.39 is 0 Å². The molecule has 6 heteroatoms. The van der Waals surface area contributed by atoms with Crippen LogP contribution in [-0.2, 0) is 0 Å². The molecule has 0 aliphatic rings. The summed E-state index contributed by atoms with van der Waals surface area (Å²) in [6.07, 6.45) is 0. The monoisotopic (exact) mass is 285 g/mol. The standard InChI is InChI=1S/C15H19N5O/c1-5-16-13-8-9(2)6-7-12(13)14(21)18-15-17-10(3)11(4)19-20-15/h6-8,16H,5H2,1-4H3,(H,17,18,20,21). The lowest BCUT2D eigenvalue weighted by molar-refractivity contribution is 0.102. The summed E-state index contributed by atoms with van der Waals surface area (Å²) >= 11 is 0. The van der Waals surface area contributed by atoms with Crippen molar-refractivity contribution < 1.29 is 4.79 Å². The summed E-state index contributed by atoms with van der Waals surface area (Å²) in [5, 5.41) is 13.7.